The van der Waals surface area contributed by atoms with Gasteiger partial charge in [0.2, 0.25) is 0 Å². The highest BCUT2D eigenvalue weighted by molar-refractivity contribution is 6.36. The molecule has 1 atom stereocenters. The summed E-state index contributed by atoms with van der Waals surface area (Å²) in [5.41, 5.74) is 0.383. The van der Waals surface area contributed by atoms with Crippen LogP contribution in [0, 0.1) is 0 Å². The van der Waals surface area contributed by atoms with Crippen molar-refractivity contribution in [2.24, 2.45) is 0 Å². The number of carbonyl (C=O) groups is 1. The van der Waals surface area contributed by atoms with Crippen molar-refractivity contribution in [3.05, 3.63) is 62.6 Å². The molecule has 1 unspecified atom stereocenters. The monoisotopic (exact) mass is 355 g/mol. The number of rotatable bonds is 2. The molecule has 0 saturated carbocycles. The molecule has 0 fully saturated rings. The molecule has 0 amide bonds. The third-order valence-corrected chi connectivity index (χ3v) is 4.84. The van der Waals surface area contributed by atoms with Gasteiger partial charge in [-0.2, -0.15) is 0 Å². The normalized spacial score (nSPS) is 20.1. The van der Waals surface area contributed by atoms with Gasteiger partial charge in [-0.25, -0.2) is 0 Å². The summed E-state index contributed by atoms with van der Waals surface area (Å²) in [4.78, 5) is 12.3. The second-order valence-corrected chi connectivity index (χ2v) is 6.43. The maximum absolute atomic E-state index is 12.3. The summed E-state index contributed by atoms with van der Waals surface area (Å²) in [6.07, 6.45) is 0.348. The van der Waals surface area contributed by atoms with E-state index in [4.69, 9.17) is 34.8 Å². The van der Waals surface area contributed by atoms with Gasteiger partial charge < -0.3 is 10.4 Å². The Morgan fingerprint density at radius 1 is 1.14 bits per heavy atom. The maximum atomic E-state index is 12.3. The zero-order valence-electron chi connectivity index (χ0n) is 11.4. The lowest BCUT2D eigenvalue weighted by atomic mass is 9.69. The third kappa shape index (κ3) is 2.24. The Morgan fingerprint density at radius 3 is 2.55 bits per heavy atom. The Labute approximate surface area is 142 Å². The Bertz CT molecular complexity index is 763. The number of aliphatic carboxylic acids is 1. The van der Waals surface area contributed by atoms with Gasteiger partial charge >= 0.3 is 5.97 Å². The van der Waals surface area contributed by atoms with E-state index in [-0.39, 0.29) is 0 Å². The van der Waals surface area contributed by atoms with Crippen LogP contribution in [0.15, 0.2) is 36.4 Å². The van der Waals surface area contributed by atoms with E-state index in [0.717, 1.165) is 0 Å². The average molecular weight is 357 g/mol. The van der Waals surface area contributed by atoms with E-state index in [1.807, 2.05) is 0 Å². The Balaban J connectivity index is 2.37. The number of hydrogen-bond donors (Lipinski definition) is 2. The topological polar surface area (TPSA) is 49.3 Å². The van der Waals surface area contributed by atoms with E-state index < -0.39 is 11.4 Å². The molecule has 2 aromatic rings. The standard InChI is InChI=1S/C16H12Cl3NO2/c17-9-7-12(19)14-13(8-9)20-6-5-16(14,15(21)22)10-3-1-2-4-11(10)18/h1-4,7-8,20H,5-6H2,(H,21,22). The minimum atomic E-state index is -1.29. The van der Waals surface area contributed by atoms with Crippen LogP contribution < -0.4 is 5.32 Å². The van der Waals surface area contributed by atoms with Crippen molar-refractivity contribution >= 4 is 46.5 Å². The summed E-state index contributed by atoms with van der Waals surface area (Å²) in [7, 11) is 0. The fourth-order valence-electron chi connectivity index (χ4n) is 3.06. The van der Waals surface area contributed by atoms with Crippen LogP contribution in [0.3, 0.4) is 0 Å². The summed E-state index contributed by atoms with van der Waals surface area (Å²) in [5.74, 6) is -0.979. The molecule has 2 aromatic carbocycles. The zero-order valence-corrected chi connectivity index (χ0v) is 13.6. The van der Waals surface area contributed by atoms with E-state index in [2.05, 4.69) is 5.32 Å². The Morgan fingerprint density at radius 2 is 1.86 bits per heavy atom. The van der Waals surface area contributed by atoms with E-state index in [0.29, 0.717) is 44.8 Å². The number of hydrogen-bond acceptors (Lipinski definition) is 2. The minimum Gasteiger partial charge on any atom is -0.480 e. The van der Waals surface area contributed by atoms with Crippen LogP contribution in [0.25, 0.3) is 0 Å². The van der Waals surface area contributed by atoms with Crippen LogP contribution in [-0.2, 0) is 10.2 Å². The molecular weight excluding hydrogens is 345 g/mol. The van der Waals surface area contributed by atoms with Crippen LogP contribution >= 0.6 is 34.8 Å². The van der Waals surface area contributed by atoms with Gasteiger partial charge in [0.15, 0.2) is 0 Å². The lowest BCUT2D eigenvalue weighted by molar-refractivity contribution is -0.142. The first-order valence-electron chi connectivity index (χ1n) is 6.68. The average Bonchev–Trinajstić information content (AvgIpc) is 2.46. The second kappa shape index (κ2) is 5.65. The highest BCUT2D eigenvalue weighted by atomic mass is 35.5. The summed E-state index contributed by atoms with van der Waals surface area (Å²) >= 11 is 18.7. The summed E-state index contributed by atoms with van der Waals surface area (Å²) in [6.45, 7) is 0.487. The van der Waals surface area contributed by atoms with Crippen LogP contribution in [0.4, 0.5) is 5.69 Å². The molecule has 1 aliphatic heterocycles. The van der Waals surface area contributed by atoms with Crippen molar-refractivity contribution in [1.82, 2.24) is 0 Å². The second-order valence-electron chi connectivity index (χ2n) is 5.18. The van der Waals surface area contributed by atoms with E-state index in [1.54, 1.807) is 36.4 Å². The van der Waals surface area contributed by atoms with Crippen molar-refractivity contribution in [2.45, 2.75) is 11.8 Å². The predicted octanol–water partition coefficient (Wildman–Crippen LogP) is 4.83. The van der Waals surface area contributed by atoms with Gasteiger partial charge in [-0.3, -0.25) is 4.79 Å². The molecule has 0 spiro atoms. The van der Waals surface area contributed by atoms with Crippen molar-refractivity contribution in [3.63, 3.8) is 0 Å². The smallest absolute Gasteiger partial charge is 0.318 e. The fourth-order valence-corrected chi connectivity index (χ4v) is 4.01. The molecule has 0 radical (unpaired) electrons. The molecule has 0 bridgehead atoms. The summed E-state index contributed by atoms with van der Waals surface area (Å²) < 4.78 is 0. The number of nitrogens with one attached hydrogen (secondary N) is 1. The molecule has 0 saturated heterocycles. The number of benzene rings is 2. The van der Waals surface area contributed by atoms with Gasteiger partial charge in [0, 0.05) is 32.9 Å². The van der Waals surface area contributed by atoms with Gasteiger partial charge in [0.25, 0.3) is 0 Å². The molecule has 0 aromatic heterocycles. The highest BCUT2D eigenvalue weighted by Crippen LogP contribution is 2.48. The van der Waals surface area contributed by atoms with Crippen LogP contribution in [0.5, 0.6) is 0 Å². The fraction of sp³-hybridized carbons (Fsp3) is 0.188. The molecule has 114 valence electrons. The number of halogens is 3. The van der Waals surface area contributed by atoms with Crippen molar-refractivity contribution in [2.75, 3.05) is 11.9 Å². The SMILES string of the molecule is O=C(O)C1(c2ccccc2Cl)CCNc2cc(Cl)cc(Cl)c21. The minimum absolute atomic E-state index is 0.317. The van der Waals surface area contributed by atoms with Crippen LogP contribution in [0.2, 0.25) is 15.1 Å². The number of carboxylic acid groups (broad SMARTS) is 1. The molecule has 22 heavy (non-hydrogen) atoms. The van der Waals surface area contributed by atoms with Gasteiger partial charge in [-0.05, 0) is 30.2 Å². The lowest BCUT2D eigenvalue weighted by Gasteiger charge is -2.37. The van der Waals surface area contributed by atoms with E-state index in [1.165, 1.54) is 0 Å². The first-order valence-corrected chi connectivity index (χ1v) is 7.82. The van der Waals surface area contributed by atoms with Gasteiger partial charge in [0.05, 0.1) is 0 Å². The van der Waals surface area contributed by atoms with Gasteiger partial charge in [0.1, 0.15) is 5.41 Å². The number of anilines is 1. The maximum Gasteiger partial charge on any atom is 0.318 e. The molecule has 2 N–H and O–H groups in total. The molecule has 0 aliphatic carbocycles. The summed E-state index contributed by atoms with van der Waals surface area (Å²) in [5, 5.41) is 14.4. The molecule has 3 nitrogen and oxygen atoms in total. The largest absolute Gasteiger partial charge is 0.480 e. The molecule has 3 rings (SSSR count). The third-order valence-electron chi connectivity index (χ3n) is 4.00. The van der Waals surface area contributed by atoms with Crippen LogP contribution in [-0.4, -0.2) is 17.6 Å². The first kappa shape index (κ1) is 15.5. The first-order chi connectivity index (χ1) is 10.5. The van der Waals surface area contributed by atoms with Crippen molar-refractivity contribution in [1.29, 1.82) is 0 Å². The van der Waals surface area contributed by atoms with Crippen LogP contribution in [0.1, 0.15) is 17.5 Å². The molecule has 6 heteroatoms. The highest BCUT2D eigenvalue weighted by Gasteiger charge is 2.48. The molecule has 1 heterocycles. The quantitative estimate of drug-likeness (QED) is 0.810. The van der Waals surface area contributed by atoms with Crippen molar-refractivity contribution in [3.8, 4) is 0 Å². The van der Waals surface area contributed by atoms with Gasteiger partial charge in [-0.15, -0.1) is 0 Å². The number of fused-ring (bicyclic) bond motifs is 1. The zero-order chi connectivity index (χ0) is 15.9. The summed E-state index contributed by atoms with van der Waals surface area (Å²) in [6, 6.07) is 10.2. The molecule has 1 aliphatic rings. The van der Waals surface area contributed by atoms with E-state index in [9.17, 15) is 9.90 Å². The Kier molecular flexibility index (Phi) is 3.98. The lowest BCUT2D eigenvalue weighted by Crippen LogP contribution is -2.43. The molecular formula is C16H12Cl3NO2. The predicted molar refractivity (Wildman–Crippen MR) is 89.4 cm³/mol. The van der Waals surface area contributed by atoms with E-state index >= 15 is 0 Å². The Hall–Kier alpha value is -1.42. The number of carboxylic acids is 1. The van der Waals surface area contributed by atoms with Gasteiger partial charge in [-0.1, -0.05) is 53.0 Å². The van der Waals surface area contributed by atoms with Crippen molar-refractivity contribution < 1.29 is 9.90 Å².